The summed E-state index contributed by atoms with van der Waals surface area (Å²) in [5, 5.41) is 0. The smallest absolute Gasteiger partial charge is 0.306 e. The molecule has 196 valence electrons. The first-order chi connectivity index (χ1) is 17.6. The number of fused-ring (bicyclic) bond motifs is 1. The summed E-state index contributed by atoms with van der Waals surface area (Å²) in [5.74, 6) is -0.438. The lowest BCUT2D eigenvalue weighted by Gasteiger charge is -2.24. The van der Waals surface area contributed by atoms with Gasteiger partial charge in [-0.25, -0.2) is 8.42 Å². The number of esters is 1. The Morgan fingerprint density at radius 1 is 1.14 bits per heavy atom. The van der Waals surface area contributed by atoms with Gasteiger partial charge in [-0.3, -0.25) is 9.59 Å². The molecule has 2 aromatic carbocycles. The van der Waals surface area contributed by atoms with Crippen LogP contribution < -0.4 is 10.3 Å². The van der Waals surface area contributed by atoms with E-state index in [2.05, 4.69) is 0 Å². The molecule has 37 heavy (non-hydrogen) atoms. The van der Waals surface area contributed by atoms with E-state index in [9.17, 15) is 18.0 Å². The highest BCUT2D eigenvalue weighted by atomic mass is 32.2. The summed E-state index contributed by atoms with van der Waals surface area (Å²) in [7, 11) is -2.13. The number of sulfonamides is 1. The van der Waals surface area contributed by atoms with Crippen molar-refractivity contribution in [2.24, 2.45) is 7.05 Å². The summed E-state index contributed by atoms with van der Waals surface area (Å²) in [5.41, 5.74) is 3.05. The maximum absolute atomic E-state index is 13.6. The molecule has 9 heteroatoms. The average Bonchev–Trinajstić information content (AvgIpc) is 2.94. The van der Waals surface area contributed by atoms with Gasteiger partial charge in [-0.1, -0.05) is 30.3 Å². The number of carbonyl (C=O) groups excluding carboxylic acids is 1. The summed E-state index contributed by atoms with van der Waals surface area (Å²) < 4.78 is 41.1. The molecule has 3 aromatic rings. The van der Waals surface area contributed by atoms with E-state index in [-0.39, 0.29) is 48.6 Å². The van der Waals surface area contributed by atoms with Gasteiger partial charge < -0.3 is 14.0 Å². The molecule has 0 fully saturated rings. The monoisotopic (exact) mass is 524 g/mol. The summed E-state index contributed by atoms with van der Waals surface area (Å²) in [6.07, 6.45) is 1.40. The van der Waals surface area contributed by atoms with Crippen molar-refractivity contribution in [2.75, 3.05) is 13.2 Å². The Bertz CT molecular complexity index is 1460. The first-order valence-electron chi connectivity index (χ1n) is 12.3. The van der Waals surface area contributed by atoms with E-state index < -0.39 is 15.9 Å². The van der Waals surface area contributed by atoms with Crippen LogP contribution in [0.4, 0.5) is 0 Å². The minimum absolute atomic E-state index is 0.0593. The van der Waals surface area contributed by atoms with Crippen molar-refractivity contribution in [1.29, 1.82) is 0 Å². The van der Waals surface area contributed by atoms with E-state index >= 15 is 0 Å². The summed E-state index contributed by atoms with van der Waals surface area (Å²) in [4.78, 5) is 25.0. The molecule has 1 aliphatic heterocycles. The number of ether oxygens (including phenoxy) is 2. The third-order valence-electron chi connectivity index (χ3n) is 6.58. The van der Waals surface area contributed by atoms with Gasteiger partial charge in [0, 0.05) is 31.8 Å². The molecular formula is C28H32N2O6S. The van der Waals surface area contributed by atoms with Crippen LogP contribution in [0, 0.1) is 6.92 Å². The molecule has 1 aromatic heterocycles. The van der Waals surface area contributed by atoms with Gasteiger partial charge in [-0.15, -0.1) is 0 Å². The van der Waals surface area contributed by atoms with Crippen molar-refractivity contribution < 1.29 is 22.7 Å². The number of para-hydroxylation sites is 1. The Labute approximate surface area is 217 Å². The van der Waals surface area contributed by atoms with Crippen LogP contribution in [0.25, 0.3) is 0 Å². The number of carbonyl (C=O) groups is 1. The minimum Gasteiger partial charge on any atom is -0.488 e. The Balaban J connectivity index is 1.73. The predicted molar refractivity (Wildman–Crippen MR) is 140 cm³/mol. The standard InChI is InChI=1S/C28H32N2O6S/c1-5-35-28(32)16-24(22-12-13-29(4)27(31)15-22)21-11-10-19(2)23(14-21)18-30-17-20(3)36-25-8-6-7-9-26(25)37(30,33)34/h6-15,20,24H,5,16-18H2,1-4H3/t20-,24?/m1/s1. The van der Waals surface area contributed by atoms with E-state index in [1.54, 1.807) is 44.4 Å². The van der Waals surface area contributed by atoms with E-state index in [4.69, 9.17) is 9.47 Å². The van der Waals surface area contributed by atoms with Gasteiger partial charge >= 0.3 is 5.97 Å². The average molecular weight is 525 g/mol. The van der Waals surface area contributed by atoms with E-state index in [1.165, 1.54) is 14.9 Å². The number of nitrogens with zero attached hydrogens (tertiary/aromatic N) is 2. The molecule has 2 atom stereocenters. The molecule has 4 rings (SSSR count). The molecule has 8 nitrogen and oxygen atoms in total. The van der Waals surface area contributed by atoms with E-state index in [1.807, 2.05) is 38.1 Å². The van der Waals surface area contributed by atoms with Crippen molar-refractivity contribution in [2.45, 2.75) is 50.7 Å². The number of aromatic nitrogens is 1. The zero-order valence-electron chi connectivity index (χ0n) is 21.5. The second kappa shape index (κ2) is 10.9. The Morgan fingerprint density at radius 3 is 2.59 bits per heavy atom. The molecule has 0 spiro atoms. The third-order valence-corrected chi connectivity index (χ3v) is 8.44. The fourth-order valence-corrected chi connectivity index (χ4v) is 6.17. The van der Waals surface area contributed by atoms with Gasteiger partial charge in [-0.2, -0.15) is 4.31 Å². The first kappa shape index (κ1) is 26.6. The lowest BCUT2D eigenvalue weighted by molar-refractivity contribution is -0.143. The Morgan fingerprint density at radius 2 is 1.86 bits per heavy atom. The molecule has 0 aliphatic carbocycles. The van der Waals surface area contributed by atoms with Crippen molar-refractivity contribution in [1.82, 2.24) is 8.87 Å². The number of hydrogen-bond acceptors (Lipinski definition) is 6. The normalized spacial score (nSPS) is 17.8. The molecule has 0 bridgehead atoms. The highest BCUT2D eigenvalue weighted by molar-refractivity contribution is 7.89. The van der Waals surface area contributed by atoms with Gasteiger partial charge in [0.1, 0.15) is 16.7 Å². The first-order valence-corrected chi connectivity index (χ1v) is 13.7. The molecule has 0 saturated heterocycles. The van der Waals surface area contributed by atoms with Gasteiger partial charge in [0.05, 0.1) is 19.6 Å². The molecule has 0 saturated carbocycles. The Hall–Kier alpha value is -3.43. The topological polar surface area (TPSA) is 94.9 Å². The third kappa shape index (κ3) is 5.78. The predicted octanol–water partition coefficient (Wildman–Crippen LogP) is 3.75. The zero-order valence-corrected chi connectivity index (χ0v) is 22.3. The van der Waals surface area contributed by atoms with Crippen LogP contribution in [0.3, 0.4) is 0 Å². The van der Waals surface area contributed by atoms with Crippen LogP contribution in [-0.2, 0) is 33.1 Å². The van der Waals surface area contributed by atoms with Crippen molar-refractivity contribution in [3.8, 4) is 5.75 Å². The number of benzene rings is 2. The van der Waals surface area contributed by atoms with Crippen LogP contribution in [0.5, 0.6) is 5.75 Å². The SMILES string of the molecule is CCOC(=O)CC(c1ccc(C)c(CN2C[C@@H](C)Oc3ccccc3S2(=O)=O)c1)c1ccn(C)c(=O)c1. The van der Waals surface area contributed by atoms with Gasteiger partial charge in [-0.05, 0) is 61.2 Å². The highest BCUT2D eigenvalue weighted by Gasteiger charge is 2.33. The molecule has 0 amide bonds. The second-order valence-electron chi connectivity index (χ2n) is 9.33. The molecule has 0 N–H and O–H groups in total. The van der Waals surface area contributed by atoms with Crippen molar-refractivity contribution in [3.05, 3.63) is 93.4 Å². The quantitative estimate of drug-likeness (QED) is 0.437. The Kier molecular flexibility index (Phi) is 7.85. The lowest BCUT2D eigenvalue weighted by atomic mass is 9.87. The number of aryl methyl sites for hydroxylation is 2. The molecule has 0 radical (unpaired) electrons. The number of pyridine rings is 1. The highest BCUT2D eigenvalue weighted by Crippen LogP contribution is 2.34. The molecule has 2 heterocycles. The fourth-order valence-electron chi connectivity index (χ4n) is 4.55. The summed E-state index contributed by atoms with van der Waals surface area (Å²) in [6, 6.07) is 15.8. The maximum Gasteiger partial charge on any atom is 0.306 e. The van der Waals surface area contributed by atoms with Crippen LogP contribution in [0.2, 0.25) is 0 Å². The number of rotatable bonds is 7. The fraction of sp³-hybridized carbons (Fsp3) is 0.357. The minimum atomic E-state index is -3.80. The zero-order chi connectivity index (χ0) is 26.7. The lowest BCUT2D eigenvalue weighted by Crippen LogP contribution is -2.35. The van der Waals surface area contributed by atoms with Gasteiger partial charge in [0.15, 0.2) is 0 Å². The molecule has 1 aliphatic rings. The van der Waals surface area contributed by atoms with Crippen molar-refractivity contribution in [3.63, 3.8) is 0 Å². The summed E-state index contributed by atoms with van der Waals surface area (Å²) in [6.45, 7) is 6.12. The van der Waals surface area contributed by atoms with Crippen LogP contribution in [-0.4, -0.2) is 42.5 Å². The molecule has 1 unspecified atom stereocenters. The van der Waals surface area contributed by atoms with Crippen molar-refractivity contribution >= 4 is 16.0 Å². The van der Waals surface area contributed by atoms with Crippen LogP contribution >= 0.6 is 0 Å². The van der Waals surface area contributed by atoms with Crippen LogP contribution in [0.15, 0.2) is 70.5 Å². The summed E-state index contributed by atoms with van der Waals surface area (Å²) >= 11 is 0. The van der Waals surface area contributed by atoms with E-state index in [0.717, 1.165) is 16.7 Å². The maximum atomic E-state index is 13.6. The van der Waals surface area contributed by atoms with E-state index in [0.29, 0.717) is 11.3 Å². The molecular weight excluding hydrogens is 492 g/mol. The largest absolute Gasteiger partial charge is 0.488 e. The number of hydrogen-bond donors (Lipinski definition) is 0. The van der Waals surface area contributed by atoms with Gasteiger partial charge in [0.25, 0.3) is 5.56 Å². The second-order valence-corrected chi connectivity index (χ2v) is 11.2. The van der Waals surface area contributed by atoms with Crippen LogP contribution in [0.1, 0.15) is 48.4 Å². The van der Waals surface area contributed by atoms with Gasteiger partial charge in [0.2, 0.25) is 10.0 Å².